The van der Waals surface area contributed by atoms with E-state index in [4.69, 9.17) is 4.98 Å². The lowest BCUT2D eigenvalue weighted by Gasteiger charge is -2.14. The Morgan fingerprint density at radius 2 is 1.20 bits per heavy atom. The van der Waals surface area contributed by atoms with E-state index in [2.05, 4.69) is 0 Å². The number of nitrogens with zero attached hydrogens (tertiary/aromatic N) is 4. The Hall–Kier alpha value is -5.31. The minimum absolute atomic E-state index is 0.0477. The Balaban J connectivity index is 1.65. The summed E-state index contributed by atoms with van der Waals surface area (Å²) >= 11 is 0. The first kappa shape index (κ1) is 25.9. The molecular weight excluding hydrogens is 526 g/mol. The molecule has 0 saturated heterocycles. The van der Waals surface area contributed by atoms with Gasteiger partial charge in [0.15, 0.2) is 11.2 Å². The van der Waals surface area contributed by atoms with Crippen molar-refractivity contribution in [1.29, 1.82) is 0 Å². The Morgan fingerprint density at radius 3 is 1.80 bits per heavy atom. The van der Waals surface area contributed by atoms with Crippen LogP contribution in [0.4, 0.5) is 8.78 Å². The van der Waals surface area contributed by atoms with Crippen molar-refractivity contribution in [1.82, 2.24) is 18.7 Å². The molecule has 41 heavy (non-hydrogen) atoms. The summed E-state index contributed by atoms with van der Waals surface area (Å²) in [7, 11) is 0. The molecule has 1 N–H and O–H groups in total. The predicted octanol–water partition coefficient (Wildman–Crippen LogP) is 5.16. The molecule has 0 unspecified atom stereocenters. The molecule has 0 saturated carbocycles. The van der Waals surface area contributed by atoms with E-state index < -0.39 is 22.9 Å². The molecule has 0 aliphatic heterocycles. The van der Waals surface area contributed by atoms with Crippen molar-refractivity contribution in [3.63, 3.8) is 0 Å². The van der Waals surface area contributed by atoms with Gasteiger partial charge in [0, 0.05) is 12.1 Å². The molecule has 204 valence electrons. The van der Waals surface area contributed by atoms with Crippen LogP contribution in [-0.4, -0.2) is 23.8 Å². The molecule has 6 rings (SSSR count). The third kappa shape index (κ3) is 5.17. The van der Waals surface area contributed by atoms with E-state index in [1.54, 1.807) is 34.9 Å². The van der Waals surface area contributed by atoms with Crippen LogP contribution >= 0.6 is 0 Å². The third-order valence-electron chi connectivity index (χ3n) is 6.88. The molecule has 0 radical (unpaired) electrons. The average Bonchev–Trinajstić information content (AvgIpc) is 3.33. The van der Waals surface area contributed by atoms with Gasteiger partial charge in [-0.3, -0.25) is 13.9 Å². The van der Waals surface area contributed by atoms with Crippen molar-refractivity contribution in [3.05, 3.63) is 152 Å². The topological polar surface area (TPSA) is 82.1 Å². The maximum atomic E-state index is 14.1. The number of imidazole rings is 1. The molecule has 0 aliphatic carbocycles. The molecule has 2 aromatic heterocycles. The SMILES string of the molecule is O=c1c2c(nc(-c3ccc(O)cc3)n2Cc2ccccc2)n(Cc2cccc(F)c2)c(=O)n1Cc1cccc(F)c1. The lowest BCUT2D eigenvalue weighted by Crippen LogP contribution is -2.41. The quantitative estimate of drug-likeness (QED) is 0.298. The minimum atomic E-state index is -0.655. The molecule has 0 amide bonds. The molecule has 2 heterocycles. The molecule has 4 aromatic carbocycles. The molecule has 9 heteroatoms. The predicted molar refractivity (Wildman–Crippen MR) is 152 cm³/mol. The van der Waals surface area contributed by atoms with Crippen LogP contribution in [0.3, 0.4) is 0 Å². The van der Waals surface area contributed by atoms with Gasteiger partial charge in [-0.2, -0.15) is 0 Å². The summed E-state index contributed by atoms with van der Waals surface area (Å²) in [6.07, 6.45) is 0. The zero-order valence-electron chi connectivity index (χ0n) is 21.7. The van der Waals surface area contributed by atoms with Crippen LogP contribution in [-0.2, 0) is 19.6 Å². The first-order valence-corrected chi connectivity index (χ1v) is 12.9. The Labute approximate surface area is 232 Å². The van der Waals surface area contributed by atoms with Gasteiger partial charge in [0.2, 0.25) is 0 Å². The molecule has 6 aromatic rings. The summed E-state index contributed by atoms with van der Waals surface area (Å²) in [6.45, 7) is 0.0500. The van der Waals surface area contributed by atoms with Crippen molar-refractivity contribution < 1.29 is 13.9 Å². The summed E-state index contributed by atoms with van der Waals surface area (Å²) in [5.74, 6) is -0.462. The third-order valence-corrected chi connectivity index (χ3v) is 6.88. The number of aromatic hydroxyl groups is 1. The van der Waals surface area contributed by atoms with Gasteiger partial charge in [0.1, 0.15) is 23.2 Å². The second-order valence-corrected chi connectivity index (χ2v) is 9.75. The van der Waals surface area contributed by atoms with Crippen LogP contribution in [0.15, 0.2) is 113 Å². The highest BCUT2D eigenvalue weighted by atomic mass is 19.1. The fourth-order valence-electron chi connectivity index (χ4n) is 4.96. The van der Waals surface area contributed by atoms with Gasteiger partial charge in [-0.05, 0) is 65.2 Å². The van der Waals surface area contributed by atoms with E-state index >= 15 is 0 Å². The number of halogens is 2. The molecule has 7 nitrogen and oxygen atoms in total. The zero-order valence-corrected chi connectivity index (χ0v) is 21.7. The number of hydrogen-bond acceptors (Lipinski definition) is 4. The summed E-state index contributed by atoms with van der Waals surface area (Å²) in [5, 5.41) is 9.87. The van der Waals surface area contributed by atoms with Crippen LogP contribution < -0.4 is 11.2 Å². The van der Waals surface area contributed by atoms with E-state index in [0.717, 1.165) is 10.1 Å². The lowest BCUT2D eigenvalue weighted by molar-refractivity contribution is 0.475. The van der Waals surface area contributed by atoms with Gasteiger partial charge in [0.25, 0.3) is 5.56 Å². The van der Waals surface area contributed by atoms with Crippen LogP contribution in [0.2, 0.25) is 0 Å². The second kappa shape index (κ2) is 10.7. The van der Waals surface area contributed by atoms with Crippen molar-refractivity contribution >= 4 is 11.2 Å². The second-order valence-electron chi connectivity index (χ2n) is 9.75. The number of benzene rings is 4. The number of phenols is 1. The van der Waals surface area contributed by atoms with Gasteiger partial charge in [-0.15, -0.1) is 0 Å². The van der Waals surface area contributed by atoms with Crippen LogP contribution in [0.1, 0.15) is 16.7 Å². The summed E-state index contributed by atoms with van der Waals surface area (Å²) in [5.41, 5.74) is 1.53. The monoisotopic (exact) mass is 550 g/mol. The fourth-order valence-corrected chi connectivity index (χ4v) is 4.96. The Morgan fingerprint density at radius 1 is 0.634 bits per heavy atom. The zero-order chi connectivity index (χ0) is 28.5. The maximum Gasteiger partial charge on any atom is 0.333 e. The molecule has 0 aliphatic rings. The Bertz CT molecular complexity index is 2000. The number of rotatable bonds is 7. The normalized spacial score (nSPS) is 11.3. The lowest BCUT2D eigenvalue weighted by atomic mass is 10.2. The first-order valence-electron chi connectivity index (χ1n) is 12.9. The van der Waals surface area contributed by atoms with Crippen LogP contribution in [0.25, 0.3) is 22.6 Å². The largest absolute Gasteiger partial charge is 0.508 e. The van der Waals surface area contributed by atoms with Crippen molar-refractivity contribution in [2.45, 2.75) is 19.6 Å². The fraction of sp³-hybridized carbons (Fsp3) is 0.0938. The van der Waals surface area contributed by atoms with Gasteiger partial charge < -0.3 is 9.67 Å². The van der Waals surface area contributed by atoms with E-state index in [1.165, 1.54) is 47.0 Å². The smallest absolute Gasteiger partial charge is 0.333 e. The van der Waals surface area contributed by atoms with E-state index in [9.17, 15) is 23.5 Å². The molecular formula is C32H24F2N4O3. The minimum Gasteiger partial charge on any atom is -0.508 e. The number of aromatic nitrogens is 4. The van der Waals surface area contributed by atoms with E-state index in [1.807, 2.05) is 30.3 Å². The molecule has 0 atom stereocenters. The highest BCUT2D eigenvalue weighted by Crippen LogP contribution is 2.26. The summed E-state index contributed by atoms with van der Waals surface area (Å²) in [4.78, 5) is 32.8. The van der Waals surface area contributed by atoms with E-state index in [-0.39, 0.29) is 36.5 Å². The number of phenolic OH excluding ortho intramolecular Hbond substituents is 1. The van der Waals surface area contributed by atoms with E-state index in [0.29, 0.717) is 22.5 Å². The summed E-state index contributed by atoms with van der Waals surface area (Å²) < 4.78 is 32.3. The maximum absolute atomic E-state index is 14.1. The standard InChI is InChI=1S/C32H24F2N4O3/c33-25-10-4-8-22(16-25)19-37-30-28(31(40)38(32(37)41)20-23-9-5-11-26(34)17-23)36(18-21-6-2-1-3-7-21)29(35-30)24-12-14-27(39)15-13-24/h1-17,39H,18-20H2. The average molecular weight is 551 g/mol. The van der Waals surface area contributed by atoms with Crippen molar-refractivity contribution in [3.8, 4) is 17.1 Å². The number of hydrogen-bond donors (Lipinski definition) is 1. The Kier molecular flexibility index (Phi) is 6.76. The van der Waals surface area contributed by atoms with Gasteiger partial charge in [-0.25, -0.2) is 18.6 Å². The van der Waals surface area contributed by atoms with Crippen molar-refractivity contribution in [2.75, 3.05) is 0 Å². The van der Waals surface area contributed by atoms with Crippen LogP contribution in [0.5, 0.6) is 5.75 Å². The molecule has 0 spiro atoms. The highest BCUT2D eigenvalue weighted by molar-refractivity contribution is 5.77. The van der Waals surface area contributed by atoms with Crippen molar-refractivity contribution in [2.24, 2.45) is 0 Å². The van der Waals surface area contributed by atoms with Gasteiger partial charge in [0.05, 0.1) is 13.1 Å². The van der Waals surface area contributed by atoms with Crippen LogP contribution in [0, 0.1) is 11.6 Å². The van der Waals surface area contributed by atoms with Gasteiger partial charge >= 0.3 is 5.69 Å². The van der Waals surface area contributed by atoms with Gasteiger partial charge in [-0.1, -0.05) is 54.6 Å². The summed E-state index contributed by atoms with van der Waals surface area (Å²) in [6, 6.07) is 27.5. The molecule has 0 bridgehead atoms. The highest BCUT2D eigenvalue weighted by Gasteiger charge is 2.23. The first-order chi connectivity index (χ1) is 19.9. The number of fused-ring (bicyclic) bond motifs is 1. The molecule has 0 fully saturated rings.